The minimum absolute atomic E-state index is 0.0306. The third-order valence-corrected chi connectivity index (χ3v) is 5.89. The van der Waals surface area contributed by atoms with E-state index in [9.17, 15) is 9.90 Å². The van der Waals surface area contributed by atoms with E-state index in [1.807, 2.05) is 45.0 Å². The number of benzene rings is 2. The summed E-state index contributed by atoms with van der Waals surface area (Å²) < 4.78 is 11.2. The minimum Gasteiger partial charge on any atom is -0.489 e. The predicted molar refractivity (Wildman–Crippen MR) is 123 cm³/mol. The van der Waals surface area contributed by atoms with Gasteiger partial charge in [-0.05, 0) is 82.0 Å². The zero-order chi connectivity index (χ0) is 22.8. The maximum Gasteiger partial charge on any atom is 0.306 e. The Balaban J connectivity index is 1.48. The van der Waals surface area contributed by atoms with Crippen molar-refractivity contribution in [2.45, 2.75) is 52.2 Å². The summed E-state index contributed by atoms with van der Waals surface area (Å²) in [6.45, 7) is 5.89. The van der Waals surface area contributed by atoms with Gasteiger partial charge in [-0.25, -0.2) is 0 Å². The van der Waals surface area contributed by atoms with E-state index in [0.717, 1.165) is 28.8 Å². The summed E-state index contributed by atoms with van der Waals surface area (Å²) in [5.41, 5.74) is 3.56. The van der Waals surface area contributed by atoms with Crippen molar-refractivity contribution in [1.29, 1.82) is 0 Å². The molecule has 0 saturated heterocycles. The van der Waals surface area contributed by atoms with Gasteiger partial charge < -0.3 is 19.7 Å². The van der Waals surface area contributed by atoms with Crippen LogP contribution in [-0.2, 0) is 4.79 Å². The molecule has 2 aromatic carbocycles. The fraction of sp³-hybridized carbons (Fsp3) is 0.375. The smallest absolute Gasteiger partial charge is 0.306 e. The van der Waals surface area contributed by atoms with Crippen molar-refractivity contribution < 1.29 is 19.2 Å². The first-order valence-corrected chi connectivity index (χ1v) is 11.1. The van der Waals surface area contributed by atoms with Crippen LogP contribution < -0.4 is 10.1 Å². The number of carboxylic acid groups (broad SMARTS) is 1. The van der Waals surface area contributed by atoms with Crippen LogP contribution in [0, 0.1) is 12.8 Å². The first-order valence-electron chi connectivity index (χ1n) is 10.7. The van der Waals surface area contributed by atoms with Gasteiger partial charge in [0.2, 0.25) is 5.82 Å². The Morgan fingerprint density at radius 1 is 1.22 bits per heavy atom. The number of ether oxygens (including phenoxy) is 1. The van der Waals surface area contributed by atoms with E-state index < -0.39 is 5.97 Å². The largest absolute Gasteiger partial charge is 0.489 e. The van der Waals surface area contributed by atoms with Crippen LogP contribution in [0.4, 0.5) is 5.69 Å². The lowest BCUT2D eigenvalue weighted by Gasteiger charge is -2.16. The van der Waals surface area contributed by atoms with E-state index in [4.69, 9.17) is 20.9 Å². The topological polar surface area (TPSA) is 97.5 Å². The summed E-state index contributed by atoms with van der Waals surface area (Å²) in [4.78, 5) is 15.7. The fourth-order valence-electron chi connectivity index (χ4n) is 3.96. The molecule has 1 fully saturated rings. The number of aromatic nitrogens is 2. The SMILES string of the molecule is Cc1cc(-c2nc(-c3ccc(OC(C)C)c(Cl)c3)no2)ccc1N[C@H]1CC[C@@H](C(=O)O)C1. The van der Waals surface area contributed by atoms with Crippen LogP contribution in [0.3, 0.4) is 0 Å². The number of carbonyl (C=O) groups is 1. The fourth-order valence-corrected chi connectivity index (χ4v) is 4.19. The number of halogens is 1. The predicted octanol–water partition coefficient (Wildman–Crippen LogP) is 5.82. The molecule has 0 radical (unpaired) electrons. The Kier molecular flexibility index (Phi) is 6.37. The zero-order valence-corrected chi connectivity index (χ0v) is 19.0. The van der Waals surface area contributed by atoms with E-state index in [-0.39, 0.29) is 18.1 Å². The van der Waals surface area contributed by atoms with Crippen molar-refractivity contribution in [1.82, 2.24) is 10.1 Å². The standard InChI is InChI=1S/C24H26ClN3O4/c1-13(2)31-21-9-6-15(12-19(21)25)22-27-23(32-28-22)16-5-8-20(14(3)10-16)26-18-7-4-17(11-18)24(29)30/h5-6,8-10,12-13,17-18,26H,4,7,11H2,1-3H3,(H,29,30)/t17-,18+/m1/s1. The molecular weight excluding hydrogens is 430 g/mol. The van der Waals surface area contributed by atoms with Gasteiger partial charge in [-0.3, -0.25) is 4.79 Å². The maximum atomic E-state index is 11.2. The van der Waals surface area contributed by atoms with Crippen LogP contribution in [-0.4, -0.2) is 33.4 Å². The number of carboxylic acids is 1. The molecule has 7 nitrogen and oxygen atoms in total. The van der Waals surface area contributed by atoms with E-state index >= 15 is 0 Å². The Bertz CT molecular complexity index is 1130. The zero-order valence-electron chi connectivity index (χ0n) is 18.3. The molecule has 32 heavy (non-hydrogen) atoms. The van der Waals surface area contributed by atoms with Crippen molar-refractivity contribution in [2.24, 2.45) is 5.92 Å². The van der Waals surface area contributed by atoms with Crippen LogP contribution in [0.25, 0.3) is 22.8 Å². The molecule has 1 aromatic heterocycles. The van der Waals surface area contributed by atoms with Crippen LogP contribution in [0.2, 0.25) is 5.02 Å². The second-order valence-corrected chi connectivity index (χ2v) is 8.86. The van der Waals surface area contributed by atoms with Crippen LogP contribution in [0.1, 0.15) is 38.7 Å². The average Bonchev–Trinajstić information content (AvgIpc) is 3.41. The molecule has 0 unspecified atom stereocenters. The minimum atomic E-state index is -0.711. The highest BCUT2D eigenvalue weighted by Crippen LogP contribution is 2.33. The van der Waals surface area contributed by atoms with E-state index in [0.29, 0.717) is 35.3 Å². The summed E-state index contributed by atoms with van der Waals surface area (Å²) >= 11 is 6.33. The highest BCUT2D eigenvalue weighted by atomic mass is 35.5. The second kappa shape index (κ2) is 9.20. The molecule has 1 saturated carbocycles. The first kappa shape index (κ1) is 22.1. The van der Waals surface area contributed by atoms with E-state index in [2.05, 4.69) is 15.5 Å². The van der Waals surface area contributed by atoms with Gasteiger partial charge in [0.25, 0.3) is 5.89 Å². The van der Waals surface area contributed by atoms with Gasteiger partial charge in [0.1, 0.15) is 5.75 Å². The number of anilines is 1. The van der Waals surface area contributed by atoms with Crippen LogP contribution >= 0.6 is 11.6 Å². The van der Waals surface area contributed by atoms with Gasteiger partial charge in [0.05, 0.1) is 17.0 Å². The van der Waals surface area contributed by atoms with Crippen molar-refractivity contribution in [2.75, 3.05) is 5.32 Å². The molecule has 0 spiro atoms. The highest BCUT2D eigenvalue weighted by Gasteiger charge is 2.29. The molecule has 4 rings (SSSR count). The number of aliphatic carboxylic acids is 1. The van der Waals surface area contributed by atoms with Crippen molar-refractivity contribution in [3.63, 3.8) is 0 Å². The monoisotopic (exact) mass is 455 g/mol. The number of nitrogens with one attached hydrogen (secondary N) is 1. The van der Waals surface area contributed by atoms with Crippen molar-refractivity contribution in [3.8, 4) is 28.6 Å². The summed E-state index contributed by atoms with van der Waals surface area (Å²) in [6, 6.07) is 11.5. The molecule has 2 atom stereocenters. The number of nitrogens with zero attached hydrogens (tertiary/aromatic N) is 2. The summed E-state index contributed by atoms with van der Waals surface area (Å²) in [6.07, 6.45) is 2.24. The molecule has 0 bridgehead atoms. The number of aryl methyl sites for hydroxylation is 1. The Morgan fingerprint density at radius 3 is 2.66 bits per heavy atom. The Morgan fingerprint density at radius 2 is 2.00 bits per heavy atom. The van der Waals surface area contributed by atoms with Gasteiger partial charge >= 0.3 is 5.97 Å². The molecule has 1 heterocycles. The summed E-state index contributed by atoms with van der Waals surface area (Å²) in [7, 11) is 0. The molecule has 0 aliphatic heterocycles. The highest BCUT2D eigenvalue weighted by molar-refractivity contribution is 6.32. The third kappa shape index (κ3) is 4.88. The van der Waals surface area contributed by atoms with Crippen molar-refractivity contribution >= 4 is 23.3 Å². The number of hydrogen-bond acceptors (Lipinski definition) is 6. The molecule has 3 aromatic rings. The summed E-state index contributed by atoms with van der Waals surface area (Å²) in [5, 5.41) is 17.3. The quantitative estimate of drug-likeness (QED) is 0.463. The van der Waals surface area contributed by atoms with Gasteiger partial charge in [0, 0.05) is 22.9 Å². The molecule has 2 N–H and O–H groups in total. The second-order valence-electron chi connectivity index (χ2n) is 8.45. The Hall–Kier alpha value is -3.06. The average molecular weight is 456 g/mol. The first-order chi connectivity index (χ1) is 15.3. The van der Waals surface area contributed by atoms with Gasteiger partial charge in [-0.2, -0.15) is 4.98 Å². The van der Waals surface area contributed by atoms with E-state index in [1.54, 1.807) is 12.1 Å². The normalized spacial score (nSPS) is 18.2. The molecular formula is C24H26ClN3O4. The lowest BCUT2D eigenvalue weighted by atomic mass is 10.1. The van der Waals surface area contributed by atoms with Gasteiger partial charge in [-0.1, -0.05) is 16.8 Å². The molecule has 1 aliphatic carbocycles. The third-order valence-electron chi connectivity index (χ3n) is 5.59. The molecule has 1 aliphatic rings. The van der Waals surface area contributed by atoms with Gasteiger partial charge in [0.15, 0.2) is 0 Å². The van der Waals surface area contributed by atoms with Crippen LogP contribution in [0.5, 0.6) is 5.75 Å². The number of rotatable bonds is 7. The molecule has 8 heteroatoms. The van der Waals surface area contributed by atoms with Crippen LogP contribution in [0.15, 0.2) is 40.9 Å². The lowest BCUT2D eigenvalue weighted by Crippen LogP contribution is -2.18. The lowest BCUT2D eigenvalue weighted by molar-refractivity contribution is -0.141. The maximum absolute atomic E-state index is 11.2. The van der Waals surface area contributed by atoms with Gasteiger partial charge in [-0.15, -0.1) is 0 Å². The van der Waals surface area contributed by atoms with Crippen molar-refractivity contribution in [3.05, 3.63) is 47.0 Å². The molecule has 168 valence electrons. The number of hydrogen-bond donors (Lipinski definition) is 2. The van der Waals surface area contributed by atoms with E-state index in [1.165, 1.54) is 0 Å². The Labute approximate surface area is 191 Å². The summed E-state index contributed by atoms with van der Waals surface area (Å²) in [5.74, 6) is 0.508. The molecule has 0 amide bonds.